The first kappa shape index (κ1) is 19.8. The number of carbonyl (C=O) groups excluding carboxylic acids is 2. The second-order valence-corrected chi connectivity index (χ2v) is 8.92. The molecule has 31 heavy (non-hydrogen) atoms. The molecule has 1 aliphatic heterocycles. The molecule has 5 rings (SSSR count). The number of rotatable bonds is 4. The molecule has 1 aliphatic carbocycles. The molecule has 2 aliphatic rings. The van der Waals surface area contributed by atoms with Gasteiger partial charge in [-0.15, -0.1) is 0 Å². The molecule has 3 heterocycles. The highest BCUT2D eigenvalue weighted by atomic mass is 16.3. The Labute approximate surface area is 181 Å². The van der Waals surface area contributed by atoms with E-state index in [0.29, 0.717) is 18.1 Å². The summed E-state index contributed by atoms with van der Waals surface area (Å²) >= 11 is 0. The van der Waals surface area contributed by atoms with Gasteiger partial charge in [0.05, 0.1) is 30.4 Å². The molecule has 7 heteroatoms. The lowest BCUT2D eigenvalue weighted by Gasteiger charge is -2.43. The lowest BCUT2D eigenvalue weighted by Crippen LogP contribution is -2.64. The Balaban J connectivity index is 1.53. The van der Waals surface area contributed by atoms with Gasteiger partial charge in [0, 0.05) is 6.04 Å². The zero-order valence-electron chi connectivity index (χ0n) is 17.8. The van der Waals surface area contributed by atoms with E-state index < -0.39 is 5.54 Å². The Bertz CT molecular complexity index is 1100. The molecule has 1 unspecified atom stereocenters. The third kappa shape index (κ3) is 3.52. The van der Waals surface area contributed by atoms with E-state index in [1.807, 2.05) is 41.8 Å². The normalized spacial score (nSPS) is 22.4. The lowest BCUT2D eigenvalue weighted by molar-refractivity contribution is -0.134. The molecule has 2 aromatic heterocycles. The molecule has 0 radical (unpaired) electrons. The summed E-state index contributed by atoms with van der Waals surface area (Å²) in [7, 11) is 0. The smallest absolute Gasteiger partial charge is 0.291 e. The van der Waals surface area contributed by atoms with Gasteiger partial charge < -0.3 is 19.2 Å². The standard InChI is InChI=1S/C24H28N4O3/c1-24(23(30)25-17-9-4-2-3-5-10-17)16-27-20-13-7-6-12-19(20)26-21(27)22(29)28(24)15-18-11-8-14-31-18/h6-8,11-14,17H,2-5,9-10,15-16H2,1H3,(H,25,30). The van der Waals surface area contributed by atoms with Gasteiger partial charge in [0.15, 0.2) is 5.82 Å². The minimum atomic E-state index is -1.05. The average molecular weight is 421 g/mol. The largest absolute Gasteiger partial charge is 0.467 e. The SMILES string of the molecule is CC1(C(=O)NC2CCCCCC2)Cn2c(nc3ccccc32)C(=O)N1Cc1ccco1. The molecule has 1 fully saturated rings. The van der Waals surface area contributed by atoms with Crippen LogP contribution in [0.3, 0.4) is 0 Å². The highest BCUT2D eigenvalue weighted by molar-refractivity contribution is 6.01. The number of aromatic nitrogens is 2. The van der Waals surface area contributed by atoms with Crippen LogP contribution in [-0.2, 0) is 17.9 Å². The number of nitrogens with one attached hydrogen (secondary N) is 1. The molecule has 2 amide bonds. The zero-order valence-corrected chi connectivity index (χ0v) is 17.8. The Morgan fingerprint density at radius 2 is 1.94 bits per heavy atom. The second kappa shape index (κ2) is 7.87. The van der Waals surface area contributed by atoms with Crippen molar-refractivity contribution >= 4 is 22.8 Å². The van der Waals surface area contributed by atoms with Crippen molar-refractivity contribution in [3.8, 4) is 0 Å². The van der Waals surface area contributed by atoms with E-state index in [4.69, 9.17) is 4.42 Å². The number of nitrogens with zero attached hydrogens (tertiary/aromatic N) is 3. The molecule has 1 saturated carbocycles. The average Bonchev–Trinajstić information content (AvgIpc) is 3.33. The number of furan rings is 1. The number of imidazole rings is 1. The van der Waals surface area contributed by atoms with Crippen LogP contribution < -0.4 is 5.32 Å². The van der Waals surface area contributed by atoms with Crippen molar-refractivity contribution in [2.75, 3.05) is 0 Å². The predicted molar refractivity (Wildman–Crippen MR) is 116 cm³/mol. The van der Waals surface area contributed by atoms with Crippen LogP contribution in [0.5, 0.6) is 0 Å². The minimum absolute atomic E-state index is 0.109. The van der Waals surface area contributed by atoms with Crippen LogP contribution in [-0.4, -0.2) is 37.8 Å². The molecule has 3 aromatic rings. The van der Waals surface area contributed by atoms with Crippen molar-refractivity contribution in [3.05, 3.63) is 54.2 Å². The van der Waals surface area contributed by atoms with Crippen LogP contribution >= 0.6 is 0 Å². The van der Waals surface area contributed by atoms with Crippen molar-refractivity contribution in [2.45, 2.75) is 70.1 Å². The van der Waals surface area contributed by atoms with Gasteiger partial charge in [0.2, 0.25) is 5.91 Å². The van der Waals surface area contributed by atoms with Gasteiger partial charge in [-0.3, -0.25) is 9.59 Å². The molecule has 1 N–H and O–H groups in total. The van der Waals surface area contributed by atoms with Gasteiger partial charge in [-0.2, -0.15) is 0 Å². The quantitative estimate of drug-likeness (QED) is 0.650. The summed E-state index contributed by atoms with van der Waals surface area (Å²) in [6.45, 7) is 2.44. The molecule has 1 atom stereocenters. The number of carbonyl (C=O) groups is 2. The first-order valence-electron chi connectivity index (χ1n) is 11.2. The van der Waals surface area contributed by atoms with Gasteiger partial charge in [0.25, 0.3) is 5.91 Å². The zero-order chi connectivity index (χ0) is 21.4. The number of hydrogen-bond donors (Lipinski definition) is 1. The lowest BCUT2D eigenvalue weighted by atomic mass is 9.94. The van der Waals surface area contributed by atoms with E-state index in [2.05, 4.69) is 10.3 Å². The van der Waals surface area contributed by atoms with E-state index in [0.717, 1.165) is 36.7 Å². The Morgan fingerprint density at radius 3 is 2.68 bits per heavy atom. The van der Waals surface area contributed by atoms with Crippen molar-refractivity contribution in [1.29, 1.82) is 0 Å². The topological polar surface area (TPSA) is 80.4 Å². The van der Waals surface area contributed by atoms with Crippen LogP contribution in [0.2, 0.25) is 0 Å². The first-order valence-corrected chi connectivity index (χ1v) is 11.2. The van der Waals surface area contributed by atoms with E-state index in [-0.39, 0.29) is 24.4 Å². The maximum atomic E-state index is 13.7. The Hall–Kier alpha value is -3.09. The molecule has 1 aromatic carbocycles. The fourth-order valence-electron chi connectivity index (χ4n) is 4.90. The highest BCUT2D eigenvalue weighted by Crippen LogP contribution is 2.32. The van der Waals surface area contributed by atoms with Gasteiger partial charge >= 0.3 is 0 Å². The van der Waals surface area contributed by atoms with Gasteiger partial charge in [-0.1, -0.05) is 37.8 Å². The number of fused-ring (bicyclic) bond motifs is 3. The van der Waals surface area contributed by atoms with Crippen LogP contribution in [0.4, 0.5) is 0 Å². The summed E-state index contributed by atoms with van der Waals surface area (Å²) < 4.78 is 7.41. The van der Waals surface area contributed by atoms with Crippen molar-refractivity contribution in [3.63, 3.8) is 0 Å². The van der Waals surface area contributed by atoms with Crippen LogP contribution in [0.1, 0.15) is 61.8 Å². The summed E-state index contributed by atoms with van der Waals surface area (Å²) in [6.07, 6.45) is 8.27. The first-order chi connectivity index (χ1) is 15.1. The number of hydrogen-bond acceptors (Lipinski definition) is 4. The number of para-hydroxylation sites is 2. The second-order valence-electron chi connectivity index (χ2n) is 8.92. The molecular weight excluding hydrogens is 392 g/mol. The van der Waals surface area contributed by atoms with E-state index in [9.17, 15) is 9.59 Å². The summed E-state index contributed by atoms with van der Waals surface area (Å²) in [5, 5.41) is 3.27. The van der Waals surface area contributed by atoms with Crippen LogP contribution in [0.15, 0.2) is 47.1 Å². The van der Waals surface area contributed by atoms with Crippen molar-refractivity contribution in [2.24, 2.45) is 0 Å². The summed E-state index contributed by atoms with van der Waals surface area (Å²) in [6, 6.07) is 11.5. The van der Waals surface area contributed by atoms with Crippen LogP contribution in [0.25, 0.3) is 11.0 Å². The van der Waals surface area contributed by atoms with Gasteiger partial charge in [-0.25, -0.2) is 4.98 Å². The van der Waals surface area contributed by atoms with E-state index in [1.54, 1.807) is 17.2 Å². The summed E-state index contributed by atoms with van der Waals surface area (Å²) in [4.78, 5) is 33.5. The minimum Gasteiger partial charge on any atom is -0.467 e. The molecule has 7 nitrogen and oxygen atoms in total. The number of amides is 2. The fourth-order valence-corrected chi connectivity index (χ4v) is 4.90. The molecule has 162 valence electrons. The van der Waals surface area contributed by atoms with Gasteiger partial charge in [-0.05, 0) is 44.0 Å². The third-order valence-corrected chi connectivity index (χ3v) is 6.73. The predicted octanol–water partition coefficient (Wildman–Crippen LogP) is 3.88. The fraction of sp³-hybridized carbons (Fsp3) is 0.458. The van der Waals surface area contributed by atoms with Gasteiger partial charge in [0.1, 0.15) is 11.3 Å². The maximum absolute atomic E-state index is 13.7. The van der Waals surface area contributed by atoms with Crippen molar-refractivity contribution in [1.82, 2.24) is 19.8 Å². The van der Waals surface area contributed by atoms with E-state index >= 15 is 0 Å². The third-order valence-electron chi connectivity index (χ3n) is 6.73. The maximum Gasteiger partial charge on any atom is 0.291 e. The van der Waals surface area contributed by atoms with Crippen molar-refractivity contribution < 1.29 is 14.0 Å². The van der Waals surface area contributed by atoms with E-state index in [1.165, 1.54) is 12.8 Å². The summed E-state index contributed by atoms with van der Waals surface area (Å²) in [5.41, 5.74) is 0.585. The molecule has 0 spiro atoms. The Morgan fingerprint density at radius 1 is 1.16 bits per heavy atom. The summed E-state index contributed by atoms with van der Waals surface area (Å²) in [5.74, 6) is 0.652. The van der Waals surface area contributed by atoms with Crippen LogP contribution in [0, 0.1) is 0 Å². The monoisotopic (exact) mass is 420 g/mol. The molecule has 0 saturated heterocycles. The Kier molecular flexibility index (Phi) is 5.04. The molecule has 0 bridgehead atoms. The molecular formula is C24H28N4O3. The number of benzene rings is 1. The highest BCUT2D eigenvalue weighted by Gasteiger charge is 2.49.